The summed E-state index contributed by atoms with van der Waals surface area (Å²) in [6.45, 7) is 8.56. The smallest absolute Gasteiger partial charge is 0.251 e. The Morgan fingerprint density at radius 1 is 1.03 bits per heavy atom. The van der Waals surface area contributed by atoms with Gasteiger partial charge in [-0.1, -0.05) is 31.2 Å². The average molecular weight is 397 g/mol. The van der Waals surface area contributed by atoms with E-state index in [4.69, 9.17) is 4.74 Å². The van der Waals surface area contributed by atoms with Crippen molar-refractivity contribution in [2.24, 2.45) is 4.99 Å². The van der Waals surface area contributed by atoms with Crippen LogP contribution >= 0.6 is 0 Å². The van der Waals surface area contributed by atoms with Crippen molar-refractivity contribution in [2.45, 2.75) is 40.3 Å². The van der Waals surface area contributed by atoms with Crippen molar-refractivity contribution < 1.29 is 9.53 Å². The second-order valence-electron chi connectivity index (χ2n) is 6.80. The van der Waals surface area contributed by atoms with E-state index >= 15 is 0 Å². The molecule has 0 fully saturated rings. The zero-order valence-electron chi connectivity index (χ0n) is 17.8. The Hall–Kier alpha value is -3.02. The molecule has 6 nitrogen and oxygen atoms in total. The molecule has 1 amide bonds. The summed E-state index contributed by atoms with van der Waals surface area (Å²) in [4.78, 5) is 16.3. The van der Waals surface area contributed by atoms with Crippen LogP contribution in [-0.4, -0.2) is 32.1 Å². The van der Waals surface area contributed by atoms with Gasteiger partial charge in [-0.2, -0.15) is 0 Å². The highest BCUT2D eigenvalue weighted by Crippen LogP contribution is 2.20. The van der Waals surface area contributed by atoms with Crippen molar-refractivity contribution >= 4 is 11.9 Å². The molecule has 0 aromatic heterocycles. The van der Waals surface area contributed by atoms with Crippen molar-refractivity contribution in [1.29, 1.82) is 0 Å². The Bertz CT molecular complexity index is 833. The van der Waals surface area contributed by atoms with Gasteiger partial charge in [-0.15, -0.1) is 0 Å². The van der Waals surface area contributed by atoms with Crippen LogP contribution in [-0.2, 0) is 13.1 Å². The molecule has 0 aliphatic carbocycles. The Kier molecular flexibility index (Phi) is 9.02. The lowest BCUT2D eigenvalue weighted by Crippen LogP contribution is -2.36. The third kappa shape index (κ3) is 7.14. The first kappa shape index (κ1) is 22.3. The van der Waals surface area contributed by atoms with Crippen molar-refractivity contribution in [1.82, 2.24) is 16.0 Å². The van der Waals surface area contributed by atoms with Crippen LogP contribution in [0.5, 0.6) is 5.75 Å². The summed E-state index contributed by atoms with van der Waals surface area (Å²) in [5.74, 6) is 1.54. The zero-order valence-corrected chi connectivity index (χ0v) is 17.8. The summed E-state index contributed by atoms with van der Waals surface area (Å²) in [6.07, 6.45) is 0.972. The van der Waals surface area contributed by atoms with Gasteiger partial charge in [-0.25, -0.2) is 0 Å². The molecule has 156 valence electrons. The Labute approximate surface area is 173 Å². The maximum absolute atomic E-state index is 12.0. The molecule has 2 aromatic carbocycles. The zero-order chi connectivity index (χ0) is 21.1. The average Bonchev–Trinajstić information content (AvgIpc) is 2.73. The number of amides is 1. The number of aliphatic imine (C=N–C) groups is 1. The summed E-state index contributed by atoms with van der Waals surface area (Å²) in [7, 11) is 1.74. The maximum Gasteiger partial charge on any atom is 0.251 e. The predicted molar refractivity (Wildman–Crippen MR) is 118 cm³/mol. The minimum absolute atomic E-state index is 0.0594. The second kappa shape index (κ2) is 11.7. The van der Waals surface area contributed by atoms with Crippen LogP contribution in [0.1, 0.15) is 47.3 Å². The van der Waals surface area contributed by atoms with E-state index in [0.717, 1.165) is 23.3 Å². The first-order valence-electron chi connectivity index (χ1n) is 10.1. The fourth-order valence-electron chi connectivity index (χ4n) is 2.82. The first-order chi connectivity index (χ1) is 14.1. The quantitative estimate of drug-likeness (QED) is 0.449. The van der Waals surface area contributed by atoms with Gasteiger partial charge >= 0.3 is 0 Å². The molecule has 0 saturated heterocycles. The van der Waals surface area contributed by atoms with Gasteiger partial charge < -0.3 is 20.7 Å². The highest BCUT2D eigenvalue weighted by Gasteiger charge is 2.07. The van der Waals surface area contributed by atoms with E-state index in [1.807, 2.05) is 31.2 Å². The fraction of sp³-hybridized carbons (Fsp3) is 0.391. The van der Waals surface area contributed by atoms with Gasteiger partial charge in [-0.05, 0) is 49.6 Å². The standard InChI is InChI=1S/C23H32N4O2/c1-5-12-29-21-13-17(3)10-11-20(21)16-27-23(24-4)26-15-18-8-7-9-19(14-18)22(28)25-6-2/h7-11,13-14H,5-6,12,15-16H2,1-4H3,(H,25,28)(H2,24,26,27). The molecule has 0 radical (unpaired) electrons. The van der Waals surface area contributed by atoms with Crippen LogP contribution in [0, 0.1) is 6.92 Å². The van der Waals surface area contributed by atoms with Gasteiger partial charge in [-0.3, -0.25) is 9.79 Å². The van der Waals surface area contributed by atoms with Crippen LogP contribution < -0.4 is 20.7 Å². The van der Waals surface area contributed by atoms with Gasteiger partial charge in [0.2, 0.25) is 0 Å². The van der Waals surface area contributed by atoms with Crippen molar-refractivity contribution in [3.63, 3.8) is 0 Å². The maximum atomic E-state index is 12.0. The number of guanidine groups is 1. The minimum atomic E-state index is -0.0594. The molecular weight excluding hydrogens is 364 g/mol. The number of aryl methyl sites for hydroxylation is 1. The lowest BCUT2D eigenvalue weighted by molar-refractivity contribution is 0.0955. The fourth-order valence-corrected chi connectivity index (χ4v) is 2.82. The van der Waals surface area contributed by atoms with E-state index in [9.17, 15) is 4.79 Å². The molecule has 29 heavy (non-hydrogen) atoms. The third-order valence-electron chi connectivity index (χ3n) is 4.34. The van der Waals surface area contributed by atoms with Crippen LogP contribution in [0.2, 0.25) is 0 Å². The highest BCUT2D eigenvalue weighted by molar-refractivity contribution is 5.94. The molecule has 0 bridgehead atoms. The van der Waals surface area contributed by atoms with Gasteiger partial charge in [0.05, 0.1) is 6.61 Å². The van der Waals surface area contributed by atoms with Gasteiger partial charge in [0, 0.05) is 37.8 Å². The monoisotopic (exact) mass is 396 g/mol. The van der Waals surface area contributed by atoms with E-state index in [1.165, 1.54) is 5.56 Å². The van der Waals surface area contributed by atoms with Gasteiger partial charge in [0.15, 0.2) is 5.96 Å². The summed E-state index contributed by atoms with van der Waals surface area (Å²) >= 11 is 0. The molecule has 0 spiro atoms. The van der Waals surface area contributed by atoms with E-state index < -0.39 is 0 Å². The highest BCUT2D eigenvalue weighted by atomic mass is 16.5. The summed E-state index contributed by atoms with van der Waals surface area (Å²) in [5, 5.41) is 9.44. The molecule has 0 atom stereocenters. The second-order valence-corrected chi connectivity index (χ2v) is 6.80. The molecule has 0 unspecified atom stereocenters. The summed E-state index contributed by atoms with van der Waals surface area (Å²) in [6, 6.07) is 13.8. The Morgan fingerprint density at radius 3 is 2.55 bits per heavy atom. The van der Waals surface area contributed by atoms with E-state index in [2.05, 4.69) is 53.0 Å². The topological polar surface area (TPSA) is 74.8 Å². The van der Waals surface area contributed by atoms with Gasteiger partial charge in [0.1, 0.15) is 5.75 Å². The summed E-state index contributed by atoms with van der Waals surface area (Å²) < 4.78 is 5.88. The molecule has 0 heterocycles. The summed E-state index contributed by atoms with van der Waals surface area (Å²) in [5.41, 5.74) is 3.94. The van der Waals surface area contributed by atoms with Crippen molar-refractivity contribution in [3.05, 3.63) is 64.7 Å². The molecule has 3 N–H and O–H groups in total. The number of carbonyl (C=O) groups excluding carboxylic acids is 1. The van der Waals surface area contributed by atoms with Gasteiger partial charge in [0.25, 0.3) is 5.91 Å². The normalized spacial score (nSPS) is 11.1. The van der Waals surface area contributed by atoms with Crippen LogP contribution in [0.3, 0.4) is 0 Å². The SMILES string of the molecule is CCCOc1cc(C)ccc1CNC(=NC)NCc1cccc(C(=O)NCC)c1. The van der Waals surface area contributed by atoms with Crippen molar-refractivity contribution in [2.75, 3.05) is 20.2 Å². The lowest BCUT2D eigenvalue weighted by atomic mass is 10.1. The van der Waals surface area contributed by atoms with Crippen LogP contribution in [0.15, 0.2) is 47.5 Å². The third-order valence-corrected chi connectivity index (χ3v) is 4.34. The largest absolute Gasteiger partial charge is 0.493 e. The van der Waals surface area contributed by atoms with E-state index in [1.54, 1.807) is 7.05 Å². The molecule has 2 aromatic rings. The molecular formula is C23H32N4O2. The molecule has 0 aliphatic heterocycles. The van der Waals surface area contributed by atoms with E-state index in [-0.39, 0.29) is 5.91 Å². The predicted octanol–water partition coefficient (Wildman–Crippen LogP) is 3.40. The van der Waals surface area contributed by atoms with Crippen molar-refractivity contribution in [3.8, 4) is 5.75 Å². The molecule has 2 rings (SSSR count). The van der Waals surface area contributed by atoms with Crippen LogP contribution in [0.4, 0.5) is 0 Å². The minimum Gasteiger partial charge on any atom is -0.493 e. The number of carbonyl (C=O) groups is 1. The number of ether oxygens (including phenoxy) is 1. The number of nitrogens with one attached hydrogen (secondary N) is 3. The number of hydrogen-bond acceptors (Lipinski definition) is 3. The van der Waals surface area contributed by atoms with Crippen LogP contribution in [0.25, 0.3) is 0 Å². The Morgan fingerprint density at radius 2 is 1.83 bits per heavy atom. The molecule has 6 heteroatoms. The Balaban J connectivity index is 1.95. The number of hydrogen-bond donors (Lipinski definition) is 3. The first-order valence-corrected chi connectivity index (χ1v) is 10.1. The molecule has 0 aliphatic rings. The number of benzene rings is 2. The lowest BCUT2D eigenvalue weighted by Gasteiger charge is -2.15. The number of nitrogens with zero attached hydrogens (tertiary/aromatic N) is 1. The molecule has 0 saturated carbocycles. The number of rotatable bonds is 9. The van der Waals surface area contributed by atoms with E-state index in [0.29, 0.717) is 37.8 Å².